The van der Waals surface area contributed by atoms with Gasteiger partial charge in [-0.3, -0.25) is 81.0 Å². The third-order valence-electron chi connectivity index (χ3n) is 23.8. The Balaban J connectivity index is 0.928. The van der Waals surface area contributed by atoms with Crippen LogP contribution in [0.4, 0.5) is 16.2 Å². The molecule has 0 saturated carbocycles. The molecule has 3 fully saturated rings. The van der Waals surface area contributed by atoms with Crippen LogP contribution < -0.4 is 52.2 Å². The predicted octanol–water partition coefficient (Wildman–Crippen LogP) is 3.19. The van der Waals surface area contributed by atoms with Crippen molar-refractivity contribution >= 4 is 129 Å². The zero-order valence-corrected chi connectivity index (χ0v) is 78.5. The van der Waals surface area contributed by atoms with Crippen molar-refractivity contribution in [3.8, 4) is 5.75 Å². The molecule has 5 atom stereocenters. The molecule has 45 heteroatoms. The Hall–Kier alpha value is -9.78. The van der Waals surface area contributed by atoms with Crippen molar-refractivity contribution in [2.45, 2.75) is 181 Å². The molecule has 5 unspecified atom stereocenters. The number of allylic oxidation sites excluding steroid dienone is 7. The number of thioether (sulfide) groups is 1. The van der Waals surface area contributed by atoms with Crippen LogP contribution >= 0.6 is 11.8 Å². The molecule has 131 heavy (non-hydrogen) atoms. The van der Waals surface area contributed by atoms with Crippen LogP contribution in [0.1, 0.15) is 142 Å². The van der Waals surface area contributed by atoms with E-state index in [0.29, 0.717) is 87.8 Å². The molecule has 0 bridgehead atoms. The maximum Gasteiger partial charge on any atom is 0.317 e. The fraction of sp³-hybridized carbons (Fsp3) is 0.570. The van der Waals surface area contributed by atoms with Crippen LogP contribution in [0.2, 0.25) is 0 Å². The lowest BCUT2D eigenvalue weighted by Gasteiger charge is -2.32. The quantitative estimate of drug-likeness (QED) is 0.0167. The van der Waals surface area contributed by atoms with Gasteiger partial charge < -0.3 is 67.5 Å². The summed E-state index contributed by atoms with van der Waals surface area (Å²) in [4.78, 5) is 138. The van der Waals surface area contributed by atoms with Gasteiger partial charge in [0.1, 0.15) is 30.1 Å². The van der Waals surface area contributed by atoms with E-state index in [0.717, 1.165) is 18.6 Å². The second kappa shape index (κ2) is 47.2. The van der Waals surface area contributed by atoms with Gasteiger partial charge in [0.2, 0.25) is 41.1 Å². The molecule has 3 aromatic rings. The second-order valence-corrected chi connectivity index (χ2v) is 42.1. The summed E-state index contributed by atoms with van der Waals surface area (Å²) in [6.07, 6.45) is 11.0. The standard InChI is InChI=1S/C86H122N14O26S5/c1-56(2)79(93-72(101)17-8-7-16-69-80-66(55-127-69)92-84(113)94-80)83(112)90-35-32-87-74(103)50-65(82(111)89-34-33-88-75(104)51-95-38-40-96(52-76(105)106)42-44-98(54-78(109)110)45-43-97(41-39-95)53-77(107)108)91-73(102)31-20-57-18-23-60(24-19-57)126-81-58(21-29-70-85(3,4)63-48-61(130(120,121)122)25-27-67(63)99(70)36-9-11-46-128(114,115)116)14-13-15-59(81)22-30-71-86(5,6)64-49-62(131(123,124)125)26-28-68(64)100(71)37-10-12-47-129(117,118)119/h18-19,21-30,48-49,56,65-66,69,79-80H,7-17,20,31-47,50-55H2,1-6H3,(H14-,87,88,89,90,91,92,93,94,101,102,103,104,105,106,107,108,109,110,111,112,113,114,115,116,117,118,119,120,121,122,123,124,125)/p+1. The first-order valence-corrected chi connectivity index (χ1v) is 50.8. The van der Waals surface area contributed by atoms with Crippen LogP contribution in [0.3, 0.4) is 0 Å². The predicted molar refractivity (Wildman–Crippen MR) is 487 cm³/mol. The molecule has 6 aliphatic rings. The third-order valence-corrected chi connectivity index (χ3v) is 28.6. The molecule has 1 aliphatic carbocycles. The number of fused-ring (bicyclic) bond motifs is 3. The number of rotatable bonds is 46. The number of benzene rings is 3. The molecule has 722 valence electrons. The van der Waals surface area contributed by atoms with Gasteiger partial charge in [0.05, 0.1) is 71.4 Å². The lowest BCUT2D eigenvalue weighted by Crippen LogP contribution is -2.52. The molecule has 5 aliphatic heterocycles. The van der Waals surface area contributed by atoms with Crippen LogP contribution in [0.15, 0.2) is 117 Å². The average Bonchev–Trinajstić information content (AvgIpc) is 1.59. The van der Waals surface area contributed by atoms with Gasteiger partial charge in [-0.25, -0.2) is 4.79 Å². The van der Waals surface area contributed by atoms with Crippen LogP contribution in [-0.2, 0) is 101 Å². The molecule has 5 heterocycles. The zero-order chi connectivity index (χ0) is 95.9. The Kier molecular flexibility index (Phi) is 37.8. The van der Waals surface area contributed by atoms with Gasteiger partial charge in [0.15, 0.2) is 5.71 Å². The number of unbranched alkanes of at least 4 members (excludes halogenated alkanes) is 3. The van der Waals surface area contributed by atoms with E-state index in [1.54, 1.807) is 81.6 Å². The van der Waals surface area contributed by atoms with Crippen molar-refractivity contribution in [3.05, 3.63) is 124 Å². The summed E-state index contributed by atoms with van der Waals surface area (Å²) in [7, 11) is -18.0. The first-order valence-electron chi connectivity index (χ1n) is 43.7. The summed E-state index contributed by atoms with van der Waals surface area (Å²) >= 11 is 1.77. The van der Waals surface area contributed by atoms with Crippen LogP contribution in [0.25, 0.3) is 0 Å². The minimum Gasteiger partial charge on any atom is -0.480 e. The number of anilines is 1. The first-order chi connectivity index (χ1) is 61.6. The first kappa shape index (κ1) is 105. The number of amides is 8. The number of ether oxygens (including phenoxy) is 1. The molecule has 3 saturated heterocycles. The van der Waals surface area contributed by atoms with Crippen LogP contribution in [0, 0.1) is 5.92 Å². The highest BCUT2D eigenvalue weighted by Gasteiger charge is 2.47. The smallest absolute Gasteiger partial charge is 0.317 e. The number of carbonyl (C=O) groups excluding carboxylic acids is 7. The van der Waals surface area contributed by atoms with E-state index in [-0.39, 0.29) is 208 Å². The fourth-order valence-electron chi connectivity index (χ4n) is 16.9. The molecule has 9 rings (SSSR count). The molecule has 15 N–H and O–H groups in total. The van der Waals surface area contributed by atoms with Gasteiger partial charge in [-0.1, -0.05) is 52.3 Å². The fourth-order valence-corrected chi connectivity index (χ4v) is 20.6. The molecule has 0 spiro atoms. The number of urea groups is 1. The van der Waals surface area contributed by atoms with E-state index in [4.69, 9.17) is 4.74 Å². The molecule has 3 aromatic carbocycles. The van der Waals surface area contributed by atoms with Gasteiger partial charge in [0, 0.05) is 150 Å². The monoisotopic (exact) mass is 1930 g/mol. The maximum atomic E-state index is 14.2. The molecule has 0 aromatic heterocycles. The molecular formula is C86H123N14O26S5+. The van der Waals surface area contributed by atoms with E-state index in [9.17, 15) is 115 Å². The number of nitrogens with zero attached hydrogens (tertiary/aromatic N) is 6. The van der Waals surface area contributed by atoms with E-state index in [2.05, 4.69) is 42.5 Å². The number of carboxylic acid groups (broad SMARTS) is 3. The van der Waals surface area contributed by atoms with Crippen molar-refractivity contribution in [2.24, 2.45) is 5.92 Å². The maximum absolute atomic E-state index is 14.2. The Morgan fingerprint density at radius 1 is 0.580 bits per heavy atom. The van der Waals surface area contributed by atoms with Gasteiger partial charge in [0.25, 0.3) is 40.5 Å². The summed E-state index contributed by atoms with van der Waals surface area (Å²) in [5.74, 6) is -6.74. The van der Waals surface area contributed by atoms with Crippen molar-refractivity contribution < 1.29 is 124 Å². The molecule has 8 amide bonds. The number of carboxylic acids is 3. The summed E-state index contributed by atoms with van der Waals surface area (Å²) < 4.78 is 146. The number of aryl methyl sites for hydroxylation is 1. The van der Waals surface area contributed by atoms with Crippen molar-refractivity contribution in [3.63, 3.8) is 0 Å². The van der Waals surface area contributed by atoms with Crippen molar-refractivity contribution in [1.82, 2.24) is 62.1 Å². The number of hydrogen-bond acceptors (Lipinski definition) is 25. The number of hydrogen-bond donors (Lipinski definition) is 15. The van der Waals surface area contributed by atoms with Crippen LogP contribution in [0.5, 0.6) is 5.75 Å². The van der Waals surface area contributed by atoms with E-state index < -0.39 is 129 Å². The molecule has 0 radical (unpaired) electrons. The zero-order valence-electron chi connectivity index (χ0n) is 74.4. The molecular weight excluding hydrogens is 1810 g/mol. The third kappa shape index (κ3) is 32.0. The Morgan fingerprint density at radius 2 is 1.12 bits per heavy atom. The highest BCUT2D eigenvalue weighted by atomic mass is 32.2. The Morgan fingerprint density at radius 3 is 1.69 bits per heavy atom. The van der Waals surface area contributed by atoms with Crippen molar-refractivity contribution in [1.29, 1.82) is 0 Å². The largest absolute Gasteiger partial charge is 0.480 e. The van der Waals surface area contributed by atoms with E-state index in [1.807, 2.05) is 61.5 Å². The lowest BCUT2D eigenvalue weighted by molar-refractivity contribution is -0.438. The minimum absolute atomic E-state index is 0.0301. The summed E-state index contributed by atoms with van der Waals surface area (Å²) in [6, 6.07) is 12.7. The normalized spacial score (nSPS) is 20.0. The van der Waals surface area contributed by atoms with E-state index >= 15 is 0 Å². The van der Waals surface area contributed by atoms with Crippen molar-refractivity contribution in [2.75, 3.05) is 140 Å². The minimum atomic E-state index is -4.67. The number of carbonyl (C=O) groups is 10. The highest BCUT2D eigenvalue weighted by molar-refractivity contribution is 8.00. The number of nitrogens with one attached hydrogen (secondary N) is 8. The van der Waals surface area contributed by atoms with Gasteiger partial charge in [-0.15, -0.1) is 0 Å². The summed E-state index contributed by atoms with van der Waals surface area (Å²) in [5.41, 5.74) is 3.57. The van der Waals surface area contributed by atoms with Gasteiger partial charge >= 0.3 is 23.9 Å². The van der Waals surface area contributed by atoms with Crippen LogP contribution in [-0.4, -0.2) is 321 Å². The van der Waals surface area contributed by atoms with Gasteiger partial charge in [-0.2, -0.15) is 50.0 Å². The highest BCUT2D eigenvalue weighted by Crippen LogP contribution is 2.49. The Labute approximate surface area is 768 Å². The molecule has 40 nitrogen and oxygen atoms in total. The summed E-state index contributed by atoms with van der Waals surface area (Å²) in [5, 5.41) is 51.4. The average molecular weight is 1930 g/mol. The number of aliphatic carboxylic acids is 3. The summed E-state index contributed by atoms with van der Waals surface area (Å²) in [6.45, 7) is 10.7. The lowest BCUT2D eigenvalue weighted by atomic mass is 9.81. The SMILES string of the molecule is CC(C)C(NC(=O)CCCCC1SCC2NC(=O)NC21)C(=O)NCCNC(=O)CC(NC(=O)CCc1ccc(OC2=C(/C=C/C3=[N+](CCCCS(=O)(=O)O)c4ccc(S(=O)(=O)O)cc4C3(C)C)CCC/C2=C\C=C2\N(CCCCS(=O)(=O)O)c3ccc(S(=O)(=O)O)cc3C2(C)C)cc1)C(=O)NCCNC(=O)CN1CCN(CC(=O)O)CCN(CC(=O)O)CCN(CC(=O)O)CC1. The van der Waals surface area contributed by atoms with E-state index in [1.165, 1.54) is 24.3 Å². The van der Waals surface area contributed by atoms with Gasteiger partial charge in [-0.05, 0) is 154 Å². The Bertz CT molecular complexity index is 5300. The second-order valence-electron chi connectivity index (χ2n) is 34.8. The topological polar surface area (TPSA) is 574 Å².